The molecule has 1 aromatic heterocycles. The summed E-state index contributed by atoms with van der Waals surface area (Å²) in [6.07, 6.45) is 1.59. The van der Waals surface area contributed by atoms with Gasteiger partial charge in [-0.2, -0.15) is 10.2 Å². The molecule has 9 heteroatoms. The van der Waals surface area contributed by atoms with Crippen LogP contribution in [0.2, 0.25) is 0 Å². The van der Waals surface area contributed by atoms with Crippen molar-refractivity contribution in [3.63, 3.8) is 0 Å². The van der Waals surface area contributed by atoms with Gasteiger partial charge in [-0.15, -0.1) is 0 Å². The molecule has 0 aliphatic carbocycles. The molecule has 0 fully saturated rings. The number of rotatable bonds is 8. The number of hydrogen-bond acceptors (Lipinski definition) is 6. The molecular formula is C24H21N5O4. The molecule has 3 aromatic carbocycles. The lowest BCUT2D eigenvalue weighted by atomic mass is 10.0. The topological polar surface area (TPSA) is 129 Å². The summed E-state index contributed by atoms with van der Waals surface area (Å²) >= 11 is 0. The van der Waals surface area contributed by atoms with Crippen molar-refractivity contribution in [2.24, 2.45) is 5.10 Å². The molecule has 0 radical (unpaired) electrons. The van der Waals surface area contributed by atoms with Crippen LogP contribution in [0.3, 0.4) is 0 Å². The summed E-state index contributed by atoms with van der Waals surface area (Å²) in [6.45, 7) is 0.396. The summed E-state index contributed by atoms with van der Waals surface area (Å²) < 4.78 is 6.04. The number of amides is 1. The average molecular weight is 443 g/mol. The number of hydrogen-bond donors (Lipinski definition) is 3. The standard InChI is InChI=1S/C24H21N5O4/c30-22(13-11-20-23(31)26-24(32)29-27-20)28-25-14-19-18-9-5-4-8-17(18)10-12-21(19)33-15-16-6-2-1-3-7-16/h1-10,12,14H,11,13,15H2,(H,28,30)(H2,26,29,31,32). The largest absolute Gasteiger partial charge is 0.488 e. The predicted molar refractivity (Wildman–Crippen MR) is 124 cm³/mol. The number of aryl methyl sites for hydroxylation is 1. The summed E-state index contributed by atoms with van der Waals surface area (Å²) in [5.41, 5.74) is 2.99. The van der Waals surface area contributed by atoms with Crippen molar-refractivity contribution >= 4 is 22.9 Å². The first-order valence-corrected chi connectivity index (χ1v) is 10.3. The van der Waals surface area contributed by atoms with Gasteiger partial charge in [0.1, 0.15) is 18.1 Å². The van der Waals surface area contributed by atoms with Crippen molar-refractivity contribution in [1.82, 2.24) is 20.6 Å². The van der Waals surface area contributed by atoms with Gasteiger partial charge >= 0.3 is 5.69 Å². The van der Waals surface area contributed by atoms with Gasteiger partial charge in [-0.1, -0.05) is 60.7 Å². The van der Waals surface area contributed by atoms with Gasteiger partial charge in [-0.05, 0) is 22.4 Å². The molecule has 0 atom stereocenters. The first-order valence-electron chi connectivity index (χ1n) is 10.3. The number of fused-ring (bicyclic) bond motifs is 1. The van der Waals surface area contributed by atoms with Crippen molar-refractivity contribution in [3.05, 3.63) is 104 Å². The lowest BCUT2D eigenvalue weighted by molar-refractivity contribution is -0.121. The summed E-state index contributed by atoms with van der Waals surface area (Å²) in [7, 11) is 0. The number of aromatic amines is 2. The second-order valence-corrected chi connectivity index (χ2v) is 7.22. The molecule has 0 spiro atoms. The highest BCUT2D eigenvalue weighted by molar-refractivity contribution is 6.02. The normalized spacial score (nSPS) is 11.0. The Hall–Kier alpha value is -4.53. The zero-order chi connectivity index (χ0) is 23.0. The third kappa shape index (κ3) is 5.59. The van der Waals surface area contributed by atoms with Gasteiger partial charge in [-0.3, -0.25) is 14.6 Å². The molecule has 3 N–H and O–H groups in total. The van der Waals surface area contributed by atoms with Gasteiger partial charge in [0.2, 0.25) is 5.91 Å². The van der Waals surface area contributed by atoms with Crippen molar-refractivity contribution in [3.8, 4) is 5.75 Å². The van der Waals surface area contributed by atoms with Gasteiger partial charge in [0, 0.05) is 18.4 Å². The summed E-state index contributed by atoms with van der Waals surface area (Å²) in [6, 6.07) is 21.5. The van der Waals surface area contributed by atoms with E-state index >= 15 is 0 Å². The molecule has 4 aromatic rings. The van der Waals surface area contributed by atoms with Gasteiger partial charge in [0.25, 0.3) is 5.56 Å². The Labute approximate surface area is 188 Å². The Balaban J connectivity index is 1.47. The number of ether oxygens (including phenoxy) is 1. The fourth-order valence-electron chi connectivity index (χ4n) is 3.27. The van der Waals surface area contributed by atoms with Crippen molar-refractivity contribution in [1.29, 1.82) is 0 Å². The minimum atomic E-state index is -0.696. The van der Waals surface area contributed by atoms with Crippen LogP contribution in [0.1, 0.15) is 23.2 Å². The number of H-pyrrole nitrogens is 2. The van der Waals surface area contributed by atoms with Gasteiger partial charge in [-0.25, -0.2) is 15.3 Å². The molecule has 0 aliphatic rings. The number of carbonyl (C=O) groups excluding carboxylic acids is 1. The first kappa shape index (κ1) is 21.7. The van der Waals surface area contributed by atoms with E-state index in [1.54, 1.807) is 6.21 Å². The van der Waals surface area contributed by atoms with Crippen LogP contribution in [-0.2, 0) is 17.8 Å². The molecule has 166 valence electrons. The van der Waals surface area contributed by atoms with Crippen molar-refractivity contribution in [2.75, 3.05) is 0 Å². The third-order valence-corrected chi connectivity index (χ3v) is 4.92. The minimum absolute atomic E-state index is 0.0215. The van der Waals surface area contributed by atoms with E-state index in [1.165, 1.54) is 0 Å². The quantitative estimate of drug-likeness (QED) is 0.284. The summed E-state index contributed by atoms with van der Waals surface area (Å²) in [4.78, 5) is 36.9. The number of nitrogens with zero attached hydrogens (tertiary/aromatic N) is 2. The fraction of sp³-hybridized carbons (Fsp3) is 0.125. The van der Waals surface area contributed by atoms with E-state index in [-0.39, 0.29) is 18.5 Å². The van der Waals surface area contributed by atoms with E-state index < -0.39 is 17.2 Å². The second kappa shape index (κ2) is 10.2. The Bertz CT molecular complexity index is 1410. The monoisotopic (exact) mass is 443 g/mol. The molecule has 1 heterocycles. The lowest BCUT2D eigenvalue weighted by Crippen LogP contribution is -2.28. The highest BCUT2D eigenvalue weighted by Gasteiger charge is 2.09. The maximum Gasteiger partial charge on any atom is 0.342 e. The first-order chi connectivity index (χ1) is 16.1. The smallest absolute Gasteiger partial charge is 0.342 e. The predicted octanol–water partition coefficient (Wildman–Crippen LogP) is 2.27. The van der Waals surface area contributed by atoms with Crippen LogP contribution in [0.15, 0.2) is 81.4 Å². The molecular weight excluding hydrogens is 422 g/mol. The molecule has 0 saturated carbocycles. The second-order valence-electron chi connectivity index (χ2n) is 7.22. The number of hydrazone groups is 1. The van der Waals surface area contributed by atoms with Crippen molar-refractivity contribution < 1.29 is 9.53 Å². The zero-order valence-corrected chi connectivity index (χ0v) is 17.6. The molecule has 0 saturated heterocycles. The average Bonchev–Trinajstić information content (AvgIpc) is 2.83. The molecule has 0 unspecified atom stereocenters. The Morgan fingerprint density at radius 2 is 1.82 bits per heavy atom. The maximum atomic E-state index is 12.2. The Morgan fingerprint density at radius 1 is 1.03 bits per heavy atom. The highest BCUT2D eigenvalue weighted by Crippen LogP contribution is 2.27. The summed E-state index contributed by atoms with van der Waals surface area (Å²) in [5.74, 6) is 0.241. The molecule has 9 nitrogen and oxygen atoms in total. The fourth-order valence-corrected chi connectivity index (χ4v) is 3.27. The van der Waals surface area contributed by atoms with E-state index in [0.29, 0.717) is 12.4 Å². The van der Waals surface area contributed by atoms with E-state index in [1.807, 2.05) is 66.7 Å². The van der Waals surface area contributed by atoms with Crippen LogP contribution >= 0.6 is 0 Å². The molecule has 1 amide bonds. The maximum absolute atomic E-state index is 12.2. The number of benzene rings is 3. The van der Waals surface area contributed by atoms with Crippen LogP contribution in [0.5, 0.6) is 5.75 Å². The van der Waals surface area contributed by atoms with E-state index in [0.717, 1.165) is 21.9 Å². The van der Waals surface area contributed by atoms with Gasteiger partial charge < -0.3 is 4.74 Å². The van der Waals surface area contributed by atoms with Crippen LogP contribution in [0.4, 0.5) is 0 Å². The third-order valence-electron chi connectivity index (χ3n) is 4.92. The van der Waals surface area contributed by atoms with Crippen LogP contribution in [0.25, 0.3) is 10.8 Å². The van der Waals surface area contributed by atoms with Gasteiger partial charge in [0.05, 0.1) is 6.21 Å². The van der Waals surface area contributed by atoms with Gasteiger partial charge in [0.15, 0.2) is 0 Å². The van der Waals surface area contributed by atoms with Crippen LogP contribution < -0.4 is 21.4 Å². The van der Waals surface area contributed by atoms with Crippen LogP contribution in [0, 0.1) is 0 Å². The van der Waals surface area contributed by atoms with Crippen LogP contribution in [-0.4, -0.2) is 27.3 Å². The summed E-state index contributed by atoms with van der Waals surface area (Å²) in [5, 5.41) is 11.8. The lowest BCUT2D eigenvalue weighted by Gasteiger charge is -2.12. The molecule has 0 bridgehead atoms. The van der Waals surface area contributed by atoms with E-state index in [4.69, 9.17) is 4.74 Å². The van der Waals surface area contributed by atoms with E-state index in [9.17, 15) is 14.4 Å². The molecule has 33 heavy (non-hydrogen) atoms. The molecule has 0 aliphatic heterocycles. The highest BCUT2D eigenvalue weighted by atomic mass is 16.5. The van der Waals surface area contributed by atoms with Crippen molar-refractivity contribution in [2.45, 2.75) is 19.4 Å². The zero-order valence-electron chi connectivity index (χ0n) is 17.6. The Morgan fingerprint density at radius 3 is 2.64 bits per heavy atom. The molecule has 4 rings (SSSR count). The SMILES string of the molecule is O=C(CCc1n[nH]c(=O)[nH]c1=O)NN=Cc1c(OCc2ccccc2)ccc2ccccc12. The number of nitrogens with one attached hydrogen (secondary N) is 3. The number of carbonyl (C=O) groups is 1. The number of aromatic nitrogens is 3. The van der Waals surface area contributed by atoms with E-state index in [2.05, 4.69) is 25.7 Å². The Kier molecular flexibility index (Phi) is 6.70. The minimum Gasteiger partial charge on any atom is -0.488 e.